The molecule has 15 heavy (non-hydrogen) atoms. The Hall–Kier alpha value is 0.512. The summed E-state index contributed by atoms with van der Waals surface area (Å²) in [6.07, 6.45) is 0.862. The summed E-state index contributed by atoms with van der Waals surface area (Å²) < 4.78 is 5.56. The van der Waals surface area contributed by atoms with E-state index in [0.29, 0.717) is 0 Å². The average Bonchev–Trinajstić information content (AvgIpc) is 2.50. The van der Waals surface area contributed by atoms with Crippen molar-refractivity contribution in [2.45, 2.75) is 24.3 Å². The first-order valence-corrected chi connectivity index (χ1v) is 11.0. The van der Waals surface area contributed by atoms with E-state index in [-0.39, 0.29) is 26.1 Å². The van der Waals surface area contributed by atoms with Crippen molar-refractivity contribution in [1.29, 1.82) is 0 Å². The van der Waals surface area contributed by atoms with Gasteiger partial charge in [-0.2, -0.15) is 0 Å². The fourth-order valence-electron chi connectivity index (χ4n) is 1.40. The van der Waals surface area contributed by atoms with Crippen LogP contribution in [0.15, 0.2) is 0 Å². The number of nitrogens with zero attached hydrogens (tertiary/aromatic N) is 3. The number of hydrogen-bond donors (Lipinski definition) is 2. The van der Waals surface area contributed by atoms with E-state index in [4.69, 9.17) is 5.73 Å². The maximum absolute atomic E-state index is 5.97. The van der Waals surface area contributed by atoms with Crippen molar-refractivity contribution in [2.24, 2.45) is 5.73 Å². The van der Waals surface area contributed by atoms with Gasteiger partial charge in [-0.25, -0.2) is 0 Å². The first-order chi connectivity index (χ1) is 7.31. The summed E-state index contributed by atoms with van der Waals surface area (Å²) in [5, 5.41) is 9.52. The molecule has 0 amide bonds. The van der Waals surface area contributed by atoms with Gasteiger partial charge in [0.15, 0.2) is 0 Å². The zero-order valence-electron chi connectivity index (χ0n) is 8.61. The molecule has 8 heteroatoms. The number of anilines is 1. The molecule has 0 radical (unpaired) electrons. The van der Waals surface area contributed by atoms with Gasteiger partial charge < -0.3 is 0 Å². The minimum absolute atomic E-state index is 0.00564. The molecule has 2 rings (SSSR count). The van der Waals surface area contributed by atoms with Crippen LogP contribution in [0.25, 0.3) is 0 Å². The van der Waals surface area contributed by atoms with Crippen LogP contribution in [0, 0.1) is 0 Å². The summed E-state index contributed by atoms with van der Waals surface area (Å²) in [6, 6.07) is 0.260. The van der Waals surface area contributed by atoms with E-state index in [1.54, 1.807) is 0 Å². The van der Waals surface area contributed by atoms with Crippen molar-refractivity contribution in [2.75, 3.05) is 9.28 Å². The maximum atomic E-state index is 5.97. The Kier molecular flexibility index (Phi) is 4.57. The van der Waals surface area contributed by atoms with Crippen molar-refractivity contribution in [3.05, 3.63) is 5.82 Å². The first kappa shape index (κ1) is 12.0. The van der Waals surface area contributed by atoms with Crippen LogP contribution in [0.4, 0.5) is 5.95 Å². The van der Waals surface area contributed by atoms with E-state index in [0.717, 1.165) is 52.1 Å². The first-order valence-electron chi connectivity index (χ1n) is 5.00. The zero-order valence-corrected chi connectivity index (χ0v) is 13.6. The van der Waals surface area contributed by atoms with Gasteiger partial charge in [0.1, 0.15) is 0 Å². The van der Waals surface area contributed by atoms with Crippen molar-refractivity contribution >= 4 is 31.2 Å². The molecule has 2 heterocycles. The quantitative estimate of drug-likeness (QED) is 0.332. The predicted octanol–water partition coefficient (Wildman–Crippen LogP) is -3.72. The van der Waals surface area contributed by atoms with Gasteiger partial charge in [0.05, 0.1) is 0 Å². The monoisotopic (exact) mass is 354 g/mol. The summed E-state index contributed by atoms with van der Waals surface area (Å²) in [5.74, 6) is 3.16. The summed E-state index contributed by atoms with van der Waals surface area (Å²) in [7, 11) is 2.00. The van der Waals surface area contributed by atoms with Gasteiger partial charge >= 0.3 is 111 Å². The van der Waals surface area contributed by atoms with Crippen LogP contribution in [0.1, 0.15) is 5.82 Å². The third-order valence-corrected chi connectivity index (χ3v) is 7.34. The molecular formula is C7H14AlIN5S-. The van der Waals surface area contributed by atoms with Crippen molar-refractivity contribution in [1.82, 2.24) is 14.8 Å². The summed E-state index contributed by atoms with van der Waals surface area (Å²) in [4.78, 5) is 0. The minimum atomic E-state index is 0.00564. The van der Waals surface area contributed by atoms with E-state index in [2.05, 4.69) is 18.3 Å². The zero-order chi connectivity index (χ0) is 10.7. The Morgan fingerprint density at radius 1 is 1.67 bits per heavy atom. The molecule has 0 aliphatic carbocycles. The number of halogens is 1. The number of nitrogens with two attached hydrogens (primary N) is 1. The molecule has 0 spiro atoms. The van der Waals surface area contributed by atoms with Crippen LogP contribution in [-0.2, 0) is 13.0 Å². The average molecular weight is 354 g/mol. The van der Waals surface area contributed by atoms with Gasteiger partial charge in [-0.05, 0) is 0 Å². The van der Waals surface area contributed by atoms with Gasteiger partial charge in [-0.3, -0.25) is 0 Å². The Labute approximate surface area is 110 Å². The molecule has 0 aromatic carbocycles. The molecule has 84 valence electrons. The Bertz CT molecular complexity index is 333. The summed E-state index contributed by atoms with van der Waals surface area (Å²) in [6.45, 7) is 1.02. The normalized spacial score (nSPS) is 18.2. The third kappa shape index (κ3) is 3.00. The SMILES string of the molecule is N[C@H]([CH2][AlH2])Cc1nnc2n1CCS[I-]N2. The van der Waals surface area contributed by atoms with E-state index >= 15 is 0 Å². The Balaban J connectivity index is 2.14. The molecule has 1 aromatic heterocycles. The number of rotatable bonds is 3. The standard InChI is InChI=1S/C7H12IN5S.Al.2H/c1-5(9)4-6-11-12-7-10-8-14-3-2-13(6)7;;;/h5H,1-4,9H2,(H,10,12);;;/q-1;;;/t5-;;;/m1.../s1. The topological polar surface area (TPSA) is 68.8 Å². The molecule has 1 atom stereocenters. The van der Waals surface area contributed by atoms with E-state index < -0.39 is 0 Å². The Morgan fingerprint density at radius 3 is 3.33 bits per heavy atom. The van der Waals surface area contributed by atoms with Crippen LogP contribution in [0.5, 0.6) is 0 Å². The molecule has 0 bridgehead atoms. The summed E-state index contributed by atoms with van der Waals surface area (Å²) >= 11 is 1.16. The number of nitrogens with one attached hydrogen (secondary N) is 1. The van der Waals surface area contributed by atoms with Crippen LogP contribution < -0.4 is 29.4 Å². The third-order valence-electron chi connectivity index (χ3n) is 2.37. The fraction of sp³-hybridized carbons (Fsp3) is 0.714. The molecule has 0 fully saturated rings. The molecular weight excluding hydrogens is 340 g/mol. The predicted molar refractivity (Wildman–Crippen MR) is 61.1 cm³/mol. The molecule has 0 saturated carbocycles. The number of fused-ring (bicyclic) bond motifs is 1. The number of hydrogen-bond acceptors (Lipinski definition) is 5. The second-order valence-electron chi connectivity index (χ2n) is 3.45. The van der Waals surface area contributed by atoms with Gasteiger partial charge in [0.2, 0.25) is 0 Å². The molecule has 0 saturated heterocycles. The fourth-order valence-corrected chi connectivity index (χ4v) is 4.85. The van der Waals surface area contributed by atoms with Crippen LogP contribution in [-0.4, -0.2) is 42.8 Å². The Morgan fingerprint density at radius 2 is 2.53 bits per heavy atom. The van der Waals surface area contributed by atoms with Gasteiger partial charge in [0, 0.05) is 0 Å². The van der Waals surface area contributed by atoms with E-state index in [9.17, 15) is 0 Å². The van der Waals surface area contributed by atoms with Crippen LogP contribution in [0.2, 0.25) is 5.28 Å². The van der Waals surface area contributed by atoms with Crippen LogP contribution in [0.3, 0.4) is 0 Å². The van der Waals surface area contributed by atoms with E-state index in [1.165, 1.54) is 0 Å². The molecule has 1 aliphatic rings. The second kappa shape index (κ2) is 5.73. The number of aromatic nitrogens is 3. The molecule has 1 aromatic rings. The van der Waals surface area contributed by atoms with Crippen molar-refractivity contribution in [3.8, 4) is 0 Å². The molecule has 0 unspecified atom stereocenters. The van der Waals surface area contributed by atoms with E-state index in [1.807, 2.05) is 8.93 Å². The van der Waals surface area contributed by atoms with Crippen molar-refractivity contribution < 1.29 is 20.1 Å². The summed E-state index contributed by atoms with van der Waals surface area (Å²) in [5.41, 5.74) is 5.97. The molecule has 5 nitrogen and oxygen atoms in total. The van der Waals surface area contributed by atoms with Crippen LogP contribution >= 0.6 is 8.93 Å². The molecule has 3 N–H and O–H groups in total. The second-order valence-corrected chi connectivity index (χ2v) is 8.78. The van der Waals surface area contributed by atoms with Crippen molar-refractivity contribution in [3.63, 3.8) is 0 Å². The van der Waals surface area contributed by atoms with Gasteiger partial charge in [0.25, 0.3) is 0 Å². The van der Waals surface area contributed by atoms with Gasteiger partial charge in [-0.1, -0.05) is 0 Å². The van der Waals surface area contributed by atoms with Gasteiger partial charge in [-0.15, -0.1) is 0 Å². The molecule has 1 aliphatic heterocycles.